The summed E-state index contributed by atoms with van der Waals surface area (Å²) in [4.78, 5) is 12.1. The first-order valence-electron chi connectivity index (χ1n) is 9.64. The second-order valence-corrected chi connectivity index (χ2v) is 9.43. The first-order chi connectivity index (χ1) is 13.0. The first kappa shape index (κ1) is 16.9. The van der Waals surface area contributed by atoms with Crippen LogP contribution in [0.1, 0.15) is 49.7 Å². The summed E-state index contributed by atoms with van der Waals surface area (Å²) in [6.45, 7) is 9.10. The molecule has 4 heterocycles. The van der Waals surface area contributed by atoms with Gasteiger partial charge in [0.25, 0.3) is 0 Å². The molecule has 0 aromatic carbocycles. The summed E-state index contributed by atoms with van der Waals surface area (Å²) in [6.07, 6.45) is 6.50. The van der Waals surface area contributed by atoms with E-state index in [1.807, 2.05) is 24.3 Å². The number of rotatable bonds is 3. The average Bonchev–Trinajstić information content (AvgIpc) is 3.35. The van der Waals surface area contributed by atoms with Crippen LogP contribution in [0.2, 0.25) is 0 Å². The molecule has 140 valence electrons. The lowest BCUT2D eigenvalue weighted by Crippen LogP contribution is -2.28. The molecule has 5 rings (SSSR count). The fourth-order valence-electron chi connectivity index (χ4n) is 4.17. The molecule has 4 aromatic rings. The number of fused-ring (bicyclic) bond motifs is 5. The molecule has 0 spiro atoms. The van der Waals surface area contributed by atoms with E-state index in [1.54, 1.807) is 10.8 Å². The van der Waals surface area contributed by atoms with Crippen LogP contribution in [0.4, 0.5) is 0 Å². The molecule has 27 heavy (non-hydrogen) atoms. The highest BCUT2D eigenvalue weighted by Crippen LogP contribution is 2.44. The summed E-state index contributed by atoms with van der Waals surface area (Å²) in [5, 5.41) is 13.1. The number of aryl methyl sites for hydroxylation is 2. The van der Waals surface area contributed by atoms with Crippen molar-refractivity contribution >= 4 is 27.2 Å². The number of aromatic amines is 1. The second kappa shape index (κ2) is 5.86. The Balaban J connectivity index is 1.63. The molecule has 1 N–H and O–H groups in total. The molecule has 1 atom stereocenters. The molecule has 0 saturated carbocycles. The summed E-state index contributed by atoms with van der Waals surface area (Å²) in [7, 11) is 0. The van der Waals surface area contributed by atoms with Crippen LogP contribution in [0.5, 0.6) is 0 Å². The van der Waals surface area contributed by atoms with Gasteiger partial charge in [0.2, 0.25) is 5.82 Å². The molecule has 0 fully saturated rings. The van der Waals surface area contributed by atoms with Crippen molar-refractivity contribution in [3.05, 3.63) is 28.5 Å². The van der Waals surface area contributed by atoms with Crippen LogP contribution in [-0.2, 0) is 12.8 Å². The van der Waals surface area contributed by atoms with Gasteiger partial charge in [-0.1, -0.05) is 27.2 Å². The van der Waals surface area contributed by atoms with Gasteiger partial charge in [-0.2, -0.15) is 5.10 Å². The molecule has 1 aliphatic rings. The van der Waals surface area contributed by atoms with Gasteiger partial charge in [0.15, 0.2) is 5.65 Å². The Hall–Kier alpha value is -2.28. The highest BCUT2D eigenvalue weighted by molar-refractivity contribution is 7.19. The summed E-state index contributed by atoms with van der Waals surface area (Å²) >= 11 is 1.84. The van der Waals surface area contributed by atoms with Crippen molar-refractivity contribution < 1.29 is 0 Å². The van der Waals surface area contributed by atoms with E-state index in [-0.39, 0.29) is 0 Å². The molecule has 6 nitrogen and oxygen atoms in total. The van der Waals surface area contributed by atoms with Crippen molar-refractivity contribution in [1.82, 2.24) is 29.8 Å². The van der Waals surface area contributed by atoms with Gasteiger partial charge in [-0.3, -0.25) is 5.10 Å². The predicted octanol–water partition coefficient (Wildman–Crippen LogP) is 4.58. The number of hydrogen-bond acceptors (Lipinski definition) is 5. The van der Waals surface area contributed by atoms with E-state index in [0.29, 0.717) is 11.2 Å². The van der Waals surface area contributed by atoms with Gasteiger partial charge in [-0.05, 0) is 49.1 Å². The van der Waals surface area contributed by atoms with Crippen molar-refractivity contribution in [2.24, 2.45) is 11.3 Å². The van der Waals surface area contributed by atoms with Gasteiger partial charge in [0, 0.05) is 10.6 Å². The normalized spacial score (nSPS) is 17.7. The fourth-order valence-corrected chi connectivity index (χ4v) is 5.43. The Labute approximate surface area is 162 Å². The van der Waals surface area contributed by atoms with E-state index >= 15 is 0 Å². The van der Waals surface area contributed by atoms with E-state index in [9.17, 15) is 0 Å². The number of nitrogens with one attached hydrogen (secondary N) is 1. The molecule has 1 aliphatic carbocycles. The van der Waals surface area contributed by atoms with Gasteiger partial charge >= 0.3 is 0 Å². The van der Waals surface area contributed by atoms with Crippen molar-refractivity contribution in [1.29, 1.82) is 0 Å². The molecule has 0 amide bonds. The van der Waals surface area contributed by atoms with Gasteiger partial charge in [0.05, 0.1) is 5.39 Å². The molecule has 0 saturated heterocycles. The average molecular weight is 381 g/mol. The minimum atomic E-state index is 0.385. The van der Waals surface area contributed by atoms with Crippen molar-refractivity contribution in [3.63, 3.8) is 0 Å². The van der Waals surface area contributed by atoms with E-state index in [2.05, 4.69) is 41.1 Å². The third-order valence-corrected chi connectivity index (χ3v) is 7.50. The third-order valence-electron chi connectivity index (χ3n) is 6.34. The molecule has 7 heteroatoms. The predicted molar refractivity (Wildman–Crippen MR) is 108 cm³/mol. The maximum atomic E-state index is 4.82. The lowest BCUT2D eigenvalue weighted by molar-refractivity contribution is 0.184. The Kier molecular flexibility index (Phi) is 3.66. The highest BCUT2D eigenvalue weighted by atomic mass is 32.1. The molecular formula is C20H24N6S. The minimum absolute atomic E-state index is 0.385. The monoisotopic (exact) mass is 380 g/mol. The van der Waals surface area contributed by atoms with E-state index in [1.165, 1.54) is 28.7 Å². The van der Waals surface area contributed by atoms with E-state index in [4.69, 9.17) is 4.98 Å². The molecule has 0 radical (unpaired) electrons. The lowest BCUT2D eigenvalue weighted by atomic mass is 9.70. The number of thiophene rings is 1. The standard InChI is InChI=1S/C20H24N6S/c1-5-20(3,4)12-6-7-13-15(9-12)27-19-16(13)18-22-17(25-26(18)10-21-19)14-8-11(2)23-24-14/h8,10,12H,5-7,9H2,1-4H3,(H,23,24). The molecule has 4 aromatic heterocycles. The largest absolute Gasteiger partial charge is 0.282 e. The van der Waals surface area contributed by atoms with Crippen LogP contribution in [0, 0.1) is 18.3 Å². The van der Waals surface area contributed by atoms with Gasteiger partial charge in [-0.15, -0.1) is 16.4 Å². The Morgan fingerprint density at radius 2 is 2.22 bits per heavy atom. The zero-order chi connectivity index (χ0) is 18.8. The van der Waals surface area contributed by atoms with E-state index in [0.717, 1.165) is 40.6 Å². The maximum Gasteiger partial charge on any atom is 0.202 e. The Bertz CT molecular complexity index is 1150. The fraction of sp³-hybridized carbons (Fsp3) is 0.500. The summed E-state index contributed by atoms with van der Waals surface area (Å²) in [5.74, 6) is 1.38. The van der Waals surface area contributed by atoms with Gasteiger partial charge in [-0.25, -0.2) is 14.5 Å². The Morgan fingerprint density at radius 3 is 2.96 bits per heavy atom. The number of aromatic nitrogens is 6. The number of hydrogen-bond donors (Lipinski definition) is 1. The number of H-pyrrole nitrogens is 1. The van der Waals surface area contributed by atoms with Crippen LogP contribution in [-0.4, -0.2) is 29.8 Å². The van der Waals surface area contributed by atoms with Crippen molar-refractivity contribution in [2.45, 2.75) is 53.4 Å². The zero-order valence-electron chi connectivity index (χ0n) is 16.2. The van der Waals surface area contributed by atoms with Crippen LogP contribution in [0.25, 0.3) is 27.4 Å². The SMILES string of the molecule is CCC(C)(C)C1CCc2c(sc3ncn4nc(-c5cc(C)[nH]n5)nc4c23)C1. The van der Waals surface area contributed by atoms with Crippen LogP contribution >= 0.6 is 11.3 Å². The first-order valence-corrected chi connectivity index (χ1v) is 10.5. The summed E-state index contributed by atoms with van der Waals surface area (Å²) in [6, 6.07) is 1.97. The second-order valence-electron chi connectivity index (χ2n) is 8.35. The molecule has 0 bridgehead atoms. The van der Waals surface area contributed by atoms with Crippen LogP contribution in [0.15, 0.2) is 12.4 Å². The summed E-state index contributed by atoms with van der Waals surface area (Å²) in [5.41, 5.74) is 4.51. The van der Waals surface area contributed by atoms with Gasteiger partial charge in [0.1, 0.15) is 16.9 Å². The zero-order valence-corrected chi connectivity index (χ0v) is 17.0. The summed E-state index contributed by atoms with van der Waals surface area (Å²) < 4.78 is 1.80. The van der Waals surface area contributed by atoms with Gasteiger partial charge < -0.3 is 0 Å². The van der Waals surface area contributed by atoms with Crippen LogP contribution in [0.3, 0.4) is 0 Å². The number of nitrogens with zero attached hydrogens (tertiary/aromatic N) is 5. The molecule has 0 aliphatic heterocycles. The van der Waals surface area contributed by atoms with Crippen molar-refractivity contribution in [2.75, 3.05) is 0 Å². The minimum Gasteiger partial charge on any atom is -0.282 e. The lowest BCUT2D eigenvalue weighted by Gasteiger charge is -2.36. The molecule has 1 unspecified atom stereocenters. The third kappa shape index (κ3) is 2.59. The topological polar surface area (TPSA) is 71.8 Å². The highest BCUT2D eigenvalue weighted by Gasteiger charge is 2.33. The quantitative estimate of drug-likeness (QED) is 0.565. The van der Waals surface area contributed by atoms with E-state index < -0.39 is 0 Å². The van der Waals surface area contributed by atoms with Crippen LogP contribution < -0.4 is 0 Å². The molecular weight excluding hydrogens is 356 g/mol. The Morgan fingerprint density at radius 1 is 1.37 bits per heavy atom. The van der Waals surface area contributed by atoms with Crippen molar-refractivity contribution in [3.8, 4) is 11.5 Å². The maximum absolute atomic E-state index is 4.82. The smallest absolute Gasteiger partial charge is 0.202 e.